The van der Waals surface area contributed by atoms with Gasteiger partial charge >= 0.3 is 0 Å². The minimum Gasteiger partial charge on any atom is -0.373 e. The number of ether oxygens (including phenoxy) is 1. The van der Waals surface area contributed by atoms with Crippen LogP contribution in [0.5, 0.6) is 0 Å². The molecule has 138 valence electrons. The molecular formula is C21H32N2O2. The molecule has 3 rings (SSSR count). The summed E-state index contributed by atoms with van der Waals surface area (Å²) in [7, 11) is 0. The summed E-state index contributed by atoms with van der Waals surface area (Å²) in [5, 5.41) is 3.74. The lowest BCUT2D eigenvalue weighted by Crippen LogP contribution is -2.48. The number of piperidine rings is 1. The molecule has 0 aliphatic carbocycles. The second-order valence-electron chi connectivity index (χ2n) is 8.48. The van der Waals surface area contributed by atoms with E-state index in [1.165, 1.54) is 5.56 Å². The third-order valence-electron chi connectivity index (χ3n) is 5.43. The Labute approximate surface area is 151 Å². The lowest BCUT2D eigenvalue weighted by Gasteiger charge is -2.36. The Morgan fingerprint density at radius 3 is 2.48 bits per heavy atom. The SMILES string of the molecule is CC(C)(C)C(=O)N1CCC(NC[C@@H]2CCO[C@H]2c2ccccc2)CC1. The van der Waals surface area contributed by atoms with Crippen molar-refractivity contribution in [1.82, 2.24) is 10.2 Å². The van der Waals surface area contributed by atoms with E-state index in [4.69, 9.17) is 4.74 Å². The van der Waals surface area contributed by atoms with E-state index < -0.39 is 0 Å². The molecule has 2 atom stereocenters. The molecule has 1 aromatic carbocycles. The minimum absolute atomic E-state index is 0.219. The maximum atomic E-state index is 12.4. The Morgan fingerprint density at radius 2 is 1.84 bits per heavy atom. The summed E-state index contributed by atoms with van der Waals surface area (Å²) in [5.74, 6) is 0.816. The zero-order valence-corrected chi connectivity index (χ0v) is 15.8. The molecule has 4 nitrogen and oxygen atoms in total. The molecule has 25 heavy (non-hydrogen) atoms. The van der Waals surface area contributed by atoms with Gasteiger partial charge in [-0.2, -0.15) is 0 Å². The van der Waals surface area contributed by atoms with Crippen LogP contribution in [-0.4, -0.2) is 43.1 Å². The maximum absolute atomic E-state index is 12.4. The van der Waals surface area contributed by atoms with Crippen LogP contribution in [0, 0.1) is 11.3 Å². The van der Waals surface area contributed by atoms with Gasteiger partial charge in [0.1, 0.15) is 0 Å². The van der Waals surface area contributed by atoms with Gasteiger partial charge < -0.3 is 15.0 Å². The fourth-order valence-corrected chi connectivity index (χ4v) is 3.93. The number of hydrogen-bond acceptors (Lipinski definition) is 3. The van der Waals surface area contributed by atoms with Crippen molar-refractivity contribution in [3.05, 3.63) is 35.9 Å². The Hall–Kier alpha value is -1.39. The number of nitrogens with one attached hydrogen (secondary N) is 1. The van der Waals surface area contributed by atoms with Crippen LogP contribution in [0.2, 0.25) is 0 Å². The number of nitrogens with zero attached hydrogens (tertiary/aromatic N) is 1. The van der Waals surface area contributed by atoms with Gasteiger partial charge in [-0.15, -0.1) is 0 Å². The largest absolute Gasteiger partial charge is 0.373 e. The predicted molar refractivity (Wildman–Crippen MR) is 100 cm³/mol. The molecule has 4 heteroatoms. The van der Waals surface area contributed by atoms with Gasteiger partial charge in [-0.1, -0.05) is 51.1 Å². The highest BCUT2D eigenvalue weighted by Crippen LogP contribution is 2.34. The van der Waals surface area contributed by atoms with Crippen LogP contribution < -0.4 is 5.32 Å². The molecule has 0 spiro atoms. The van der Waals surface area contributed by atoms with Gasteiger partial charge in [0.05, 0.1) is 6.10 Å². The Kier molecular flexibility index (Phi) is 5.80. The van der Waals surface area contributed by atoms with Crippen LogP contribution in [0.25, 0.3) is 0 Å². The van der Waals surface area contributed by atoms with Gasteiger partial charge in [0.2, 0.25) is 5.91 Å². The quantitative estimate of drug-likeness (QED) is 0.910. The number of amides is 1. The highest BCUT2D eigenvalue weighted by molar-refractivity contribution is 5.81. The fourth-order valence-electron chi connectivity index (χ4n) is 3.93. The van der Waals surface area contributed by atoms with Gasteiger partial charge in [-0.25, -0.2) is 0 Å². The third kappa shape index (κ3) is 4.62. The summed E-state index contributed by atoms with van der Waals surface area (Å²) in [6.07, 6.45) is 3.43. The van der Waals surface area contributed by atoms with Crippen LogP contribution in [0.4, 0.5) is 0 Å². The van der Waals surface area contributed by atoms with Gasteiger partial charge in [0.25, 0.3) is 0 Å². The fraction of sp³-hybridized carbons (Fsp3) is 0.667. The Bertz CT molecular complexity index is 559. The summed E-state index contributed by atoms with van der Waals surface area (Å²) in [6, 6.07) is 11.1. The first-order valence-electron chi connectivity index (χ1n) is 9.64. The van der Waals surface area contributed by atoms with Crippen molar-refractivity contribution >= 4 is 5.91 Å². The van der Waals surface area contributed by atoms with Crippen LogP contribution >= 0.6 is 0 Å². The molecule has 1 amide bonds. The summed E-state index contributed by atoms with van der Waals surface area (Å²) in [4.78, 5) is 14.4. The first-order chi connectivity index (χ1) is 11.9. The average Bonchev–Trinajstić information content (AvgIpc) is 3.08. The van der Waals surface area contributed by atoms with Crippen molar-refractivity contribution in [2.45, 2.75) is 52.2 Å². The molecule has 2 aliphatic heterocycles. The van der Waals surface area contributed by atoms with E-state index >= 15 is 0 Å². The normalized spacial score (nSPS) is 25.3. The lowest BCUT2D eigenvalue weighted by atomic mass is 9.92. The summed E-state index contributed by atoms with van der Waals surface area (Å²) < 4.78 is 5.98. The molecule has 1 N–H and O–H groups in total. The van der Waals surface area contributed by atoms with Crippen molar-refractivity contribution in [2.24, 2.45) is 11.3 Å². The highest BCUT2D eigenvalue weighted by atomic mass is 16.5. The molecule has 0 aromatic heterocycles. The van der Waals surface area contributed by atoms with Crippen molar-refractivity contribution < 1.29 is 9.53 Å². The van der Waals surface area contributed by atoms with Crippen molar-refractivity contribution in [2.75, 3.05) is 26.2 Å². The topological polar surface area (TPSA) is 41.6 Å². The van der Waals surface area contributed by atoms with E-state index in [9.17, 15) is 4.79 Å². The van der Waals surface area contributed by atoms with Crippen LogP contribution in [-0.2, 0) is 9.53 Å². The zero-order chi connectivity index (χ0) is 17.9. The van der Waals surface area contributed by atoms with E-state index in [2.05, 4.69) is 35.6 Å². The van der Waals surface area contributed by atoms with E-state index in [1.807, 2.05) is 25.7 Å². The van der Waals surface area contributed by atoms with E-state index in [1.54, 1.807) is 0 Å². The van der Waals surface area contributed by atoms with E-state index in [-0.39, 0.29) is 17.4 Å². The molecule has 0 radical (unpaired) electrons. The minimum atomic E-state index is -0.273. The average molecular weight is 344 g/mol. The standard InChI is InChI=1S/C21H32N2O2/c1-21(2,3)20(24)23-12-9-18(10-13-23)22-15-17-11-14-25-19(17)16-7-5-4-6-8-16/h4-8,17-19,22H,9-15H2,1-3H3/t17-,19-/m0/s1. The Morgan fingerprint density at radius 1 is 1.16 bits per heavy atom. The van der Waals surface area contributed by atoms with Crippen molar-refractivity contribution in [3.63, 3.8) is 0 Å². The summed E-state index contributed by atoms with van der Waals surface area (Å²) >= 11 is 0. The number of carbonyl (C=O) groups is 1. The second kappa shape index (κ2) is 7.88. The molecule has 0 unspecified atom stereocenters. The van der Waals surface area contributed by atoms with Gasteiger partial charge in [0, 0.05) is 43.6 Å². The monoisotopic (exact) mass is 344 g/mol. The number of benzene rings is 1. The molecule has 0 bridgehead atoms. The molecule has 1 aromatic rings. The van der Waals surface area contributed by atoms with E-state index in [0.29, 0.717) is 12.0 Å². The van der Waals surface area contributed by atoms with Crippen LogP contribution in [0.15, 0.2) is 30.3 Å². The van der Waals surface area contributed by atoms with Gasteiger partial charge in [-0.3, -0.25) is 4.79 Å². The zero-order valence-electron chi connectivity index (χ0n) is 15.8. The smallest absolute Gasteiger partial charge is 0.227 e. The molecule has 2 saturated heterocycles. The van der Waals surface area contributed by atoms with Crippen molar-refractivity contribution in [3.8, 4) is 0 Å². The lowest BCUT2D eigenvalue weighted by molar-refractivity contribution is -0.140. The molecule has 0 saturated carbocycles. The molecule has 2 aliphatic rings. The van der Waals surface area contributed by atoms with Gasteiger partial charge in [0.15, 0.2) is 0 Å². The first-order valence-corrected chi connectivity index (χ1v) is 9.64. The van der Waals surface area contributed by atoms with Crippen LogP contribution in [0.1, 0.15) is 51.7 Å². The van der Waals surface area contributed by atoms with Crippen LogP contribution in [0.3, 0.4) is 0 Å². The number of carbonyl (C=O) groups excluding carboxylic acids is 1. The molecule has 2 heterocycles. The maximum Gasteiger partial charge on any atom is 0.227 e. The highest BCUT2D eigenvalue weighted by Gasteiger charge is 2.32. The summed E-state index contributed by atoms with van der Waals surface area (Å²) in [5.41, 5.74) is 1.02. The van der Waals surface area contributed by atoms with Crippen molar-refractivity contribution in [1.29, 1.82) is 0 Å². The molecular weight excluding hydrogens is 312 g/mol. The first kappa shape index (κ1) is 18.4. The number of rotatable bonds is 4. The summed E-state index contributed by atoms with van der Waals surface area (Å²) in [6.45, 7) is 9.60. The second-order valence-corrected chi connectivity index (χ2v) is 8.48. The van der Waals surface area contributed by atoms with E-state index in [0.717, 1.165) is 45.5 Å². The van der Waals surface area contributed by atoms with Gasteiger partial charge in [-0.05, 0) is 24.8 Å². The number of likely N-dealkylation sites (tertiary alicyclic amines) is 1. The Balaban J connectivity index is 1.46. The predicted octanol–water partition coefficient (Wildman–Crippen LogP) is 3.39. The number of hydrogen-bond donors (Lipinski definition) is 1. The molecule has 2 fully saturated rings. The third-order valence-corrected chi connectivity index (χ3v) is 5.43.